The zero-order valence-electron chi connectivity index (χ0n) is 10.4. The Labute approximate surface area is 93.0 Å². The van der Waals surface area contributed by atoms with Gasteiger partial charge in [0.05, 0.1) is 6.04 Å². The summed E-state index contributed by atoms with van der Waals surface area (Å²) >= 11 is 0. The standard InChI is InChI=1S/C12H24N2O/c1-5-10(6-2)13-11(15)9(3)14-12(4)7-8-12/h9-10,14H,5-8H2,1-4H3,(H,13,15). The minimum Gasteiger partial charge on any atom is -0.352 e. The van der Waals surface area contributed by atoms with E-state index < -0.39 is 0 Å². The lowest BCUT2D eigenvalue weighted by Crippen LogP contribution is -2.49. The van der Waals surface area contributed by atoms with E-state index >= 15 is 0 Å². The molecule has 1 rings (SSSR count). The molecule has 15 heavy (non-hydrogen) atoms. The SMILES string of the molecule is CCC(CC)NC(=O)C(C)NC1(C)CC1. The van der Waals surface area contributed by atoms with Crippen molar-refractivity contribution in [2.24, 2.45) is 0 Å². The predicted molar refractivity (Wildman–Crippen MR) is 62.7 cm³/mol. The van der Waals surface area contributed by atoms with E-state index in [9.17, 15) is 4.79 Å². The van der Waals surface area contributed by atoms with Gasteiger partial charge in [-0.1, -0.05) is 13.8 Å². The number of nitrogens with one attached hydrogen (secondary N) is 2. The van der Waals surface area contributed by atoms with Crippen molar-refractivity contribution in [3.05, 3.63) is 0 Å². The van der Waals surface area contributed by atoms with Crippen LogP contribution in [0.15, 0.2) is 0 Å². The predicted octanol–water partition coefficient (Wildman–Crippen LogP) is 1.82. The number of carbonyl (C=O) groups excluding carboxylic acids is 1. The first-order valence-corrected chi connectivity index (χ1v) is 6.09. The number of rotatable bonds is 6. The molecule has 0 aromatic heterocycles. The molecule has 1 aliphatic rings. The molecule has 0 aliphatic heterocycles. The van der Waals surface area contributed by atoms with Crippen LogP contribution in [0.5, 0.6) is 0 Å². The molecule has 0 heterocycles. The average molecular weight is 212 g/mol. The summed E-state index contributed by atoms with van der Waals surface area (Å²) in [5.74, 6) is 0.136. The fourth-order valence-electron chi connectivity index (χ4n) is 1.74. The highest BCUT2D eigenvalue weighted by atomic mass is 16.2. The van der Waals surface area contributed by atoms with Crippen molar-refractivity contribution in [1.29, 1.82) is 0 Å². The quantitative estimate of drug-likeness (QED) is 0.705. The van der Waals surface area contributed by atoms with Gasteiger partial charge in [0.25, 0.3) is 0 Å². The van der Waals surface area contributed by atoms with Crippen LogP contribution in [-0.2, 0) is 4.79 Å². The van der Waals surface area contributed by atoms with E-state index in [1.807, 2.05) is 6.92 Å². The van der Waals surface area contributed by atoms with E-state index in [0.29, 0.717) is 6.04 Å². The molecule has 88 valence electrons. The molecule has 1 amide bonds. The third-order valence-corrected chi connectivity index (χ3v) is 3.29. The molecule has 1 fully saturated rings. The van der Waals surface area contributed by atoms with Crippen molar-refractivity contribution in [3.63, 3.8) is 0 Å². The van der Waals surface area contributed by atoms with E-state index in [4.69, 9.17) is 0 Å². The third kappa shape index (κ3) is 3.82. The van der Waals surface area contributed by atoms with E-state index in [0.717, 1.165) is 12.8 Å². The minimum absolute atomic E-state index is 0.0712. The Morgan fingerprint density at radius 3 is 2.27 bits per heavy atom. The van der Waals surface area contributed by atoms with Crippen LogP contribution in [0, 0.1) is 0 Å². The Morgan fingerprint density at radius 1 is 1.33 bits per heavy atom. The molecular formula is C12H24N2O. The molecule has 1 aliphatic carbocycles. The van der Waals surface area contributed by atoms with Crippen molar-refractivity contribution >= 4 is 5.91 Å². The summed E-state index contributed by atoms with van der Waals surface area (Å²) in [7, 11) is 0. The minimum atomic E-state index is -0.0712. The topological polar surface area (TPSA) is 41.1 Å². The summed E-state index contributed by atoms with van der Waals surface area (Å²) < 4.78 is 0. The van der Waals surface area contributed by atoms with Gasteiger partial charge in [-0.2, -0.15) is 0 Å². The van der Waals surface area contributed by atoms with Crippen LogP contribution >= 0.6 is 0 Å². The molecular weight excluding hydrogens is 188 g/mol. The maximum Gasteiger partial charge on any atom is 0.237 e. The van der Waals surface area contributed by atoms with E-state index in [2.05, 4.69) is 31.4 Å². The fourth-order valence-corrected chi connectivity index (χ4v) is 1.74. The lowest BCUT2D eigenvalue weighted by atomic mass is 10.1. The zero-order chi connectivity index (χ0) is 11.5. The summed E-state index contributed by atoms with van der Waals surface area (Å²) in [5, 5.41) is 6.44. The fraction of sp³-hybridized carbons (Fsp3) is 0.917. The Balaban J connectivity index is 2.32. The van der Waals surface area contributed by atoms with Crippen LogP contribution in [0.1, 0.15) is 53.4 Å². The second-order valence-corrected chi connectivity index (χ2v) is 4.95. The summed E-state index contributed by atoms with van der Waals surface area (Å²) in [4.78, 5) is 11.8. The van der Waals surface area contributed by atoms with Crippen molar-refractivity contribution in [3.8, 4) is 0 Å². The monoisotopic (exact) mass is 212 g/mol. The van der Waals surface area contributed by atoms with E-state index in [1.165, 1.54) is 12.8 Å². The molecule has 3 heteroatoms. The maximum atomic E-state index is 11.8. The number of hydrogen-bond donors (Lipinski definition) is 2. The molecule has 0 aromatic carbocycles. The van der Waals surface area contributed by atoms with Gasteiger partial charge in [0, 0.05) is 11.6 Å². The van der Waals surface area contributed by atoms with Gasteiger partial charge in [-0.25, -0.2) is 0 Å². The van der Waals surface area contributed by atoms with Crippen molar-refractivity contribution in [2.75, 3.05) is 0 Å². The highest BCUT2D eigenvalue weighted by Crippen LogP contribution is 2.34. The third-order valence-electron chi connectivity index (χ3n) is 3.29. The van der Waals surface area contributed by atoms with Crippen LogP contribution in [0.4, 0.5) is 0 Å². The molecule has 0 radical (unpaired) electrons. The van der Waals surface area contributed by atoms with Gasteiger partial charge in [0.15, 0.2) is 0 Å². The van der Waals surface area contributed by atoms with Gasteiger partial charge in [-0.15, -0.1) is 0 Å². The maximum absolute atomic E-state index is 11.8. The van der Waals surface area contributed by atoms with E-state index in [-0.39, 0.29) is 17.5 Å². The van der Waals surface area contributed by atoms with Crippen LogP contribution in [-0.4, -0.2) is 23.5 Å². The number of amides is 1. The Kier molecular flexibility index (Phi) is 4.14. The highest BCUT2D eigenvalue weighted by molar-refractivity contribution is 5.81. The molecule has 0 saturated heterocycles. The molecule has 0 bridgehead atoms. The van der Waals surface area contributed by atoms with Crippen molar-refractivity contribution < 1.29 is 4.79 Å². The smallest absolute Gasteiger partial charge is 0.237 e. The van der Waals surface area contributed by atoms with Gasteiger partial charge in [0.1, 0.15) is 0 Å². The molecule has 1 saturated carbocycles. The molecule has 2 N–H and O–H groups in total. The Hall–Kier alpha value is -0.570. The van der Waals surface area contributed by atoms with E-state index in [1.54, 1.807) is 0 Å². The molecule has 1 unspecified atom stereocenters. The van der Waals surface area contributed by atoms with Gasteiger partial charge in [-0.3, -0.25) is 4.79 Å². The van der Waals surface area contributed by atoms with Crippen LogP contribution < -0.4 is 10.6 Å². The van der Waals surface area contributed by atoms with Gasteiger partial charge < -0.3 is 10.6 Å². The first-order chi connectivity index (χ1) is 7.00. The first-order valence-electron chi connectivity index (χ1n) is 6.09. The largest absolute Gasteiger partial charge is 0.352 e. The van der Waals surface area contributed by atoms with Crippen LogP contribution in [0.25, 0.3) is 0 Å². The highest BCUT2D eigenvalue weighted by Gasteiger charge is 2.39. The second kappa shape index (κ2) is 4.97. The van der Waals surface area contributed by atoms with Crippen molar-refractivity contribution in [2.45, 2.75) is 71.0 Å². The summed E-state index contributed by atoms with van der Waals surface area (Å²) in [6, 6.07) is 0.256. The lowest BCUT2D eigenvalue weighted by Gasteiger charge is -2.22. The van der Waals surface area contributed by atoms with Crippen LogP contribution in [0.2, 0.25) is 0 Å². The van der Waals surface area contributed by atoms with Crippen molar-refractivity contribution in [1.82, 2.24) is 10.6 Å². The van der Waals surface area contributed by atoms with Gasteiger partial charge in [0.2, 0.25) is 5.91 Å². The van der Waals surface area contributed by atoms with Crippen LogP contribution in [0.3, 0.4) is 0 Å². The molecule has 0 aromatic rings. The lowest BCUT2D eigenvalue weighted by molar-refractivity contribution is -0.123. The Bertz CT molecular complexity index is 220. The normalized spacial score (nSPS) is 20.1. The Morgan fingerprint density at radius 2 is 1.87 bits per heavy atom. The summed E-state index contributed by atoms with van der Waals surface area (Å²) in [6.07, 6.45) is 4.39. The molecule has 3 nitrogen and oxygen atoms in total. The zero-order valence-corrected chi connectivity index (χ0v) is 10.4. The summed E-state index contributed by atoms with van der Waals surface area (Å²) in [6.45, 7) is 8.33. The van der Waals surface area contributed by atoms with Gasteiger partial charge >= 0.3 is 0 Å². The average Bonchev–Trinajstić information content (AvgIpc) is 2.91. The molecule has 0 spiro atoms. The number of hydrogen-bond acceptors (Lipinski definition) is 2. The number of carbonyl (C=O) groups is 1. The summed E-state index contributed by atoms with van der Waals surface area (Å²) in [5.41, 5.74) is 0.227. The van der Waals surface area contributed by atoms with Gasteiger partial charge in [-0.05, 0) is 39.5 Å². The second-order valence-electron chi connectivity index (χ2n) is 4.95. The molecule has 1 atom stereocenters. The first kappa shape index (κ1) is 12.5.